The maximum atomic E-state index is 12.0. The minimum absolute atomic E-state index is 0.0152. The van der Waals surface area contributed by atoms with Crippen molar-refractivity contribution in [3.8, 4) is 0 Å². The Morgan fingerprint density at radius 2 is 1.95 bits per heavy atom. The first-order valence-corrected chi connectivity index (χ1v) is 7.85. The van der Waals surface area contributed by atoms with Crippen molar-refractivity contribution in [2.24, 2.45) is 0 Å². The molecule has 8 heteroatoms. The fourth-order valence-electron chi connectivity index (χ4n) is 1.33. The van der Waals surface area contributed by atoms with E-state index in [-0.39, 0.29) is 16.5 Å². The van der Waals surface area contributed by atoms with E-state index in [2.05, 4.69) is 10.0 Å². The van der Waals surface area contributed by atoms with E-state index in [4.69, 9.17) is 27.9 Å². The molecule has 0 aromatic heterocycles. The van der Waals surface area contributed by atoms with Crippen molar-refractivity contribution in [2.45, 2.75) is 4.90 Å². The molecular weight excluding hydrogens is 311 g/mol. The van der Waals surface area contributed by atoms with Gasteiger partial charge in [-0.3, -0.25) is 0 Å². The van der Waals surface area contributed by atoms with E-state index in [1.54, 1.807) is 7.11 Å². The van der Waals surface area contributed by atoms with Crippen LogP contribution in [-0.4, -0.2) is 41.8 Å². The number of hydrogen-bond donors (Lipinski definition) is 2. The van der Waals surface area contributed by atoms with Gasteiger partial charge < -0.3 is 10.1 Å². The van der Waals surface area contributed by atoms with Gasteiger partial charge in [0, 0.05) is 31.8 Å². The molecule has 1 rings (SSSR count). The van der Waals surface area contributed by atoms with Crippen LogP contribution in [0.25, 0.3) is 0 Å². The van der Waals surface area contributed by atoms with Crippen molar-refractivity contribution in [1.82, 2.24) is 10.0 Å². The van der Waals surface area contributed by atoms with Gasteiger partial charge in [-0.1, -0.05) is 23.2 Å². The molecule has 19 heavy (non-hydrogen) atoms. The topological polar surface area (TPSA) is 67.4 Å². The molecule has 5 nitrogen and oxygen atoms in total. The zero-order chi connectivity index (χ0) is 14.3. The third kappa shape index (κ3) is 5.64. The zero-order valence-corrected chi connectivity index (χ0v) is 12.8. The molecule has 2 N–H and O–H groups in total. The minimum atomic E-state index is -3.64. The van der Waals surface area contributed by atoms with Gasteiger partial charge in [0.25, 0.3) is 0 Å². The third-order valence-electron chi connectivity index (χ3n) is 2.26. The molecule has 0 bridgehead atoms. The lowest BCUT2D eigenvalue weighted by atomic mass is 10.4. The Kier molecular flexibility index (Phi) is 7.06. The Hall–Kier alpha value is -0.370. The Balaban J connectivity index is 2.54. The maximum Gasteiger partial charge on any atom is 0.242 e. The van der Waals surface area contributed by atoms with Crippen molar-refractivity contribution in [3.05, 3.63) is 28.2 Å². The van der Waals surface area contributed by atoms with Crippen LogP contribution < -0.4 is 10.0 Å². The minimum Gasteiger partial charge on any atom is -0.383 e. The molecule has 0 aliphatic heterocycles. The summed E-state index contributed by atoms with van der Waals surface area (Å²) in [6.07, 6.45) is 0. The summed E-state index contributed by atoms with van der Waals surface area (Å²) < 4.78 is 31.3. The van der Waals surface area contributed by atoms with Crippen LogP contribution in [0.3, 0.4) is 0 Å². The Morgan fingerprint density at radius 1 is 1.21 bits per heavy atom. The van der Waals surface area contributed by atoms with E-state index < -0.39 is 10.0 Å². The van der Waals surface area contributed by atoms with Crippen LogP contribution in [0, 0.1) is 0 Å². The summed E-state index contributed by atoms with van der Waals surface area (Å²) in [6.45, 7) is 2.00. The highest BCUT2D eigenvalue weighted by Crippen LogP contribution is 2.24. The van der Waals surface area contributed by atoms with Crippen molar-refractivity contribution in [2.75, 3.05) is 33.4 Å². The number of nitrogens with one attached hydrogen (secondary N) is 2. The largest absolute Gasteiger partial charge is 0.383 e. The SMILES string of the molecule is COCCNCCNS(=O)(=O)c1cc(Cl)ccc1Cl. The number of ether oxygens (including phenoxy) is 1. The highest BCUT2D eigenvalue weighted by molar-refractivity contribution is 7.89. The van der Waals surface area contributed by atoms with Gasteiger partial charge in [0.15, 0.2) is 0 Å². The maximum absolute atomic E-state index is 12.0. The van der Waals surface area contributed by atoms with Crippen molar-refractivity contribution >= 4 is 33.2 Å². The number of halogens is 2. The average molecular weight is 327 g/mol. The first-order chi connectivity index (χ1) is 8.97. The van der Waals surface area contributed by atoms with Crippen LogP contribution in [0.4, 0.5) is 0 Å². The summed E-state index contributed by atoms with van der Waals surface area (Å²) in [5.74, 6) is 0. The van der Waals surface area contributed by atoms with Gasteiger partial charge in [0.05, 0.1) is 11.6 Å². The molecule has 0 unspecified atom stereocenters. The van der Waals surface area contributed by atoms with Crippen LogP contribution in [0.15, 0.2) is 23.1 Å². The molecule has 1 aromatic carbocycles. The molecule has 0 amide bonds. The van der Waals surface area contributed by atoms with E-state index in [9.17, 15) is 8.42 Å². The molecule has 0 saturated carbocycles. The predicted octanol–water partition coefficient (Wildman–Crippen LogP) is 1.51. The van der Waals surface area contributed by atoms with Crippen LogP contribution in [0.2, 0.25) is 10.0 Å². The predicted molar refractivity (Wildman–Crippen MR) is 76.4 cm³/mol. The zero-order valence-electron chi connectivity index (χ0n) is 10.4. The van der Waals surface area contributed by atoms with E-state index >= 15 is 0 Å². The molecule has 0 radical (unpaired) electrons. The Labute approximate surface area is 123 Å². The molecule has 0 saturated heterocycles. The number of sulfonamides is 1. The van der Waals surface area contributed by atoms with Gasteiger partial charge in [-0.05, 0) is 18.2 Å². The van der Waals surface area contributed by atoms with Gasteiger partial charge in [-0.2, -0.15) is 0 Å². The number of rotatable bonds is 8. The second-order valence-electron chi connectivity index (χ2n) is 3.72. The number of benzene rings is 1. The second kappa shape index (κ2) is 8.04. The van der Waals surface area contributed by atoms with Crippen LogP contribution in [0.5, 0.6) is 0 Å². The lowest BCUT2D eigenvalue weighted by Crippen LogP contribution is -2.33. The van der Waals surface area contributed by atoms with Gasteiger partial charge >= 0.3 is 0 Å². The summed E-state index contributed by atoms with van der Waals surface area (Å²) in [5.41, 5.74) is 0. The van der Waals surface area contributed by atoms with Crippen LogP contribution in [0.1, 0.15) is 0 Å². The number of methoxy groups -OCH3 is 1. The van der Waals surface area contributed by atoms with Crippen molar-refractivity contribution in [3.63, 3.8) is 0 Å². The Morgan fingerprint density at radius 3 is 2.63 bits per heavy atom. The normalized spacial score (nSPS) is 11.7. The molecule has 0 aliphatic rings. The van der Waals surface area contributed by atoms with Gasteiger partial charge in [0.2, 0.25) is 10.0 Å². The van der Waals surface area contributed by atoms with Crippen LogP contribution in [-0.2, 0) is 14.8 Å². The highest BCUT2D eigenvalue weighted by atomic mass is 35.5. The lowest BCUT2D eigenvalue weighted by molar-refractivity contribution is 0.199. The van der Waals surface area contributed by atoms with E-state index in [0.29, 0.717) is 24.7 Å². The third-order valence-corrected chi connectivity index (χ3v) is 4.44. The quantitative estimate of drug-likeness (QED) is 0.710. The highest BCUT2D eigenvalue weighted by Gasteiger charge is 2.17. The Bertz CT molecular complexity index is 509. The van der Waals surface area contributed by atoms with E-state index in [1.807, 2.05) is 0 Å². The fourth-order valence-corrected chi connectivity index (χ4v) is 3.13. The van der Waals surface area contributed by atoms with Crippen molar-refractivity contribution < 1.29 is 13.2 Å². The molecule has 1 aromatic rings. The molecule has 0 spiro atoms. The molecule has 0 aliphatic carbocycles. The lowest BCUT2D eigenvalue weighted by Gasteiger charge is -2.09. The van der Waals surface area contributed by atoms with Crippen LogP contribution >= 0.6 is 23.2 Å². The summed E-state index contributed by atoms with van der Waals surface area (Å²) in [5, 5.41) is 3.49. The van der Waals surface area contributed by atoms with E-state index in [1.165, 1.54) is 18.2 Å². The first kappa shape index (κ1) is 16.7. The molecule has 0 fully saturated rings. The molecule has 0 atom stereocenters. The van der Waals surface area contributed by atoms with Gasteiger partial charge in [-0.15, -0.1) is 0 Å². The average Bonchev–Trinajstić information content (AvgIpc) is 2.36. The van der Waals surface area contributed by atoms with Crippen molar-refractivity contribution in [1.29, 1.82) is 0 Å². The number of hydrogen-bond acceptors (Lipinski definition) is 4. The molecule has 0 heterocycles. The summed E-state index contributed by atoms with van der Waals surface area (Å²) >= 11 is 11.6. The summed E-state index contributed by atoms with van der Waals surface area (Å²) in [7, 11) is -2.04. The monoisotopic (exact) mass is 326 g/mol. The van der Waals surface area contributed by atoms with E-state index in [0.717, 1.165) is 0 Å². The smallest absolute Gasteiger partial charge is 0.242 e. The van der Waals surface area contributed by atoms with Gasteiger partial charge in [-0.25, -0.2) is 13.1 Å². The fraction of sp³-hybridized carbons (Fsp3) is 0.455. The summed E-state index contributed by atoms with van der Waals surface area (Å²) in [6, 6.07) is 4.31. The standard InChI is InChI=1S/C11H16Cl2N2O3S/c1-18-7-6-14-4-5-15-19(16,17)11-8-9(12)2-3-10(11)13/h2-3,8,14-15H,4-7H2,1H3. The van der Waals surface area contributed by atoms with Gasteiger partial charge in [0.1, 0.15) is 4.90 Å². The first-order valence-electron chi connectivity index (χ1n) is 5.62. The summed E-state index contributed by atoms with van der Waals surface area (Å²) in [4.78, 5) is -0.0152. The second-order valence-corrected chi connectivity index (χ2v) is 6.29. The molecule has 108 valence electrons. The molecular formula is C11H16Cl2N2O3S.